The summed E-state index contributed by atoms with van der Waals surface area (Å²) in [7, 11) is 0. The van der Waals surface area contributed by atoms with E-state index in [-0.39, 0.29) is 24.0 Å². The highest BCUT2D eigenvalue weighted by Crippen LogP contribution is 2.38. The van der Waals surface area contributed by atoms with Crippen molar-refractivity contribution < 1.29 is 19.2 Å². The van der Waals surface area contributed by atoms with E-state index < -0.39 is 4.92 Å². The van der Waals surface area contributed by atoms with Crippen LogP contribution in [0.15, 0.2) is 42.5 Å². The lowest BCUT2D eigenvalue weighted by Gasteiger charge is -2.03. The molecule has 0 aromatic heterocycles. The molecule has 1 N–H and O–H groups in total. The van der Waals surface area contributed by atoms with Crippen LogP contribution in [-0.2, 0) is 11.3 Å². The molecule has 1 amide bonds. The number of hydrogen-bond acceptors (Lipinski definition) is 5. The van der Waals surface area contributed by atoms with Crippen LogP contribution < -0.4 is 14.8 Å². The molecule has 1 heterocycles. The number of aryl methyl sites for hydroxylation is 1. The number of nitrogens with zero attached hydrogens (tertiary/aromatic N) is 1. The summed E-state index contributed by atoms with van der Waals surface area (Å²) in [5.74, 6) is 0.408. The predicted molar refractivity (Wildman–Crippen MR) is 91.3 cm³/mol. The van der Waals surface area contributed by atoms with E-state index in [2.05, 4.69) is 5.32 Å². The summed E-state index contributed by atoms with van der Waals surface area (Å²) in [6.07, 6.45) is 2.66. The molecule has 0 fully saturated rings. The van der Waals surface area contributed by atoms with E-state index in [0.717, 1.165) is 11.1 Å². The van der Waals surface area contributed by atoms with Crippen molar-refractivity contribution in [2.45, 2.75) is 13.5 Å². The molecule has 2 aromatic rings. The SMILES string of the molecule is Cc1ccc(CNC(=O)/C=C/c2cc3c(cc2[N+](=O)[O-])OCO3)cc1. The number of amides is 1. The Kier molecular flexibility index (Phi) is 4.65. The van der Waals surface area contributed by atoms with Gasteiger partial charge >= 0.3 is 0 Å². The monoisotopic (exact) mass is 340 g/mol. The van der Waals surface area contributed by atoms with Gasteiger partial charge in [0, 0.05) is 12.6 Å². The molecule has 0 radical (unpaired) electrons. The molecule has 7 nitrogen and oxygen atoms in total. The van der Waals surface area contributed by atoms with Crippen molar-refractivity contribution in [2.75, 3.05) is 6.79 Å². The maximum Gasteiger partial charge on any atom is 0.280 e. The lowest BCUT2D eigenvalue weighted by atomic mass is 10.1. The van der Waals surface area contributed by atoms with Crippen molar-refractivity contribution in [1.82, 2.24) is 5.32 Å². The van der Waals surface area contributed by atoms with Gasteiger partial charge in [0.1, 0.15) is 0 Å². The average Bonchev–Trinajstić information content (AvgIpc) is 3.05. The number of benzene rings is 2. The third kappa shape index (κ3) is 3.95. The van der Waals surface area contributed by atoms with Crippen LogP contribution in [-0.4, -0.2) is 17.6 Å². The van der Waals surface area contributed by atoms with Crippen molar-refractivity contribution >= 4 is 17.7 Å². The Morgan fingerprint density at radius 3 is 2.60 bits per heavy atom. The second kappa shape index (κ2) is 7.04. The summed E-state index contributed by atoms with van der Waals surface area (Å²) in [5, 5.41) is 13.9. The van der Waals surface area contributed by atoms with Crippen molar-refractivity contribution in [3.63, 3.8) is 0 Å². The number of hydrogen-bond donors (Lipinski definition) is 1. The highest BCUT2D eigenvalue weighted by atomic mass is 16.7. The van der Waals surface area contributed by atoms with Gasteiger partial charge in [-0.05, 0) is 24.6 Å². The van der Waals surface area contributed by atoms with Gasteiger partial charge in [-0.2, -0.15) is 0 Å². The topological polar surface area (TPSA) is 90.7 Å². The molecular formula is C18H16N2O5. The van der Waals surface area contributed by atoms with Crippen LogP contribution in [0.4, 0.5) is 5.69 Å². The first-order valence-corrected chi connectivity index (χ1v) is 7.62. The van der Waals surface area contributed by atoms with Crippen LogP contribution in [0.3, 0.4) is 0 Å². The molecular weight excluding hydrogens is 324 g/mol. The zero-order chi connectivity index (χ0) is 17.8. The number of ether oxygens (including phenoxy) is 2. The van der Waals surface area contributed by atoms with Crippen LogP contribution in [0.5, 0.6) is 11.5 Å². The number of fused-ring (bicyclic) bond motifs is 1. The summed E-state index contributed by atoms with van der Waals surface area (Å²) in [5.41, 5.74) is 2.25. The number of carbonyl (C=O) groups excluding carboxylic acids is 1. The number of nitrogens with one attached hydrogen (secondary N) is 1. The average molecular weight is 340 g/mol. The van der Waals surface area contributed by atoms with Gasteiger partial charge in [0.05, 0.1) is 16.6 Å². The molecule has 0 aliphatic carbocycles. The first-order valence-electron chi connectivity index (χ1n) is 7.62. The smallest absolute Gasteiger partial charge is 0.280 e. The molecule has 0 saturated carbocycles. The molecule has 128 valence electrons. The van der Waals surface area contributed by atoms with E-state index in [0.29, 0.717) is 18.0 Å². The quantitative estimate of drug-likeness (QED) is 0.513. The maximum absolute atomic E-state index is 11.9. The molecule has 1 aliphatic heterocycles. The van der Waals surface area contributed by atoms with Crippen LogP contribution in [0.25, 0.3) is 6.08 Å². The van der Waals surface area contributed by atoms with Gasteiger partial charge in [-0.3, -0.25) is 14.9 Å². The van der Waals surface area contributed by atoms with Gasteiger partial charge in [0.15, 0.2) is 11.5 Å². The minimum Gasteiger partial charge on any atom is -0.454 e. The predicted octanol–water partition coefficient (Wildman–Crippen LogP) is 2.96. The highest BCUT2D eigenvalue weighted by Gasteiger charge is 2.22. The number of nitro groups is 1. The zero-order valence-electron chi connectivity index (χ0n) is 13.5. The second-order valence-electron chi connectivity index (χ2n) is 5.56. The van der Waals surface area contributed by atoms with E-state index >= 15 is 0 Å². The molecule has 7 heteroatoms. The molecule has 0 bridgehead atoms. The Labute approximate surface area is 144 Å². The van der Waals surface area contributed by atoms with E-state index in [1.807, 2.05) is 31.2 Å². The van der Waals surface area contributed by atoms with Crippen molar-refractivity contribution in [3.05, 3.63) is 69.3 Å². The minimum atomic E-state index is -0.522. The van der Waals surface area contributed by atoms with Crippen LogP contribution in [0.1, 0.15) is 16.7 Å². The summed E-state index contributed by atoms with van der Waals surface area (Å²) in [6.45, 7) is 2.40. The van der Waals surface area contributed by atoms with Gasteiger partial charge in [-0.15, -0.1) is 0 Å². The van der Waals surface area contributed by atoms with Crippen LogP contribution in [0, 0.1) is 17.0 Å². The Morgan fingerprint density at radius 1 is 1.24 bits per heavy atom. The van der Waals surface area contributed by atoms with E-state index in [4.69, 9.17) is 9.47 Å². The Morgan fingerprint density at radius 2 is 1.92 bits per heavy atom. The second-order valence-corrected chi connectivity index (χ2v) is 5.56. The van der Waals surface area contributed by atoms with Crippen molar-refractivity contribution in [3.8, 4) is 11.5 Å². The summed E-state index contributed by atoms with van der Waals surface area (Å²) >= 11 is 0. The molecule has 25 heavy (non-hydrogen) atoms. The van der Waals surface area contributed by atoms with Gasteiger partial charge in [0.25, 0.3) is 5.69 Å². The third-order valence-corrected chi connectivity index (χ3v) is 3.72. The van der Waals surface area contributed by atoms with Crippen molar-refractivity contribution in [2.24, 2.45) is 0 Å². The van der Waals surface area contributed by atoms with Crippen LogP contribution in [0.2, 0.25) is 0 Å². The minimum absolute atomic E-state index is 0.0245. The molecule has 0 spiro atoms. The fourth-order valence-corrected chi connectivity index (χ4v) is 2.36. The Hall–Kier alpha value is -3.35. The number of rotatable bonds is 5. The Bertz CT molecular complexity index is 843. The standard InChI is InChI=1S/C18H16N2O5/c1-12-2-4-13(5-3-12)10-19-18(21)7-6-14-8-16-17(25-11-24-16)9-15(14)20(22)23/h2-9H,10-11H2,1H3,(H,19,21)/b7-6+. The van der Waals surface area contributed by atoms with Crippen LogP contribution >= 0.6 is 0 Å². The van der Waals surface area contributed by atoms with Gasteiger partial charge in [-0.25, -0.2) is 0 Å². The lowest BCUT2D eigenvalue weighted by Crippen LogP contribution is -2.20. The maximum atomic E-state index is 11.9. The molecule has 2 aromatic carbocycles. The van der Waals surface area contributed by atoms with Gasteiger partial charge < -0.3 is 14.8 Å². The highest BCUT2D eigenvalue weighted by molar-refractivity contribution is 5.92. The summed E-state index contributed by atoms with van der Waals surface area (Å²) < 4.78 is 10.4. The third-order valence-electron chi connectivity index (χ3n) is 3.72. The molecule has 0 unspecified atom stereocenters. The van der Waals surface area contributed by atoms with E-state index in [1.165, 1.54) is 24.3 Å². The van der Waals surface area contributed by atoms with E-state index in [1.54, 1.807) is 0 Å². The van der Waals surface area contributed by atoms with Gasteiger partial charge in [0.2, 0.25) is 12.7 Å². The van der Waals surface area contributed by atoms with Crippen molar-refractivity contribution in [1.29, 1.82) is 0 Å². The fourth-order valence-electron chi connectivity index (χ4n) is 2.36. The Balaban J connectivity index is 1.69. The van der Waals surface area contributed by atoms with E-state index in [9.17, 15) is 14.9 Å². The summed E-state index contributed by atoms with van der Waals surface area (Å²) in [4.78, 5) is 22.6. The fraction of sp³-hybridized carbons (Fsp3) is 0.167. The zero-order valence-corrected chi connectivity index (χ0v) is 13.5. The first-order chi connectivity index (χ1) is 12.0. The van der Waals surface area contributed by atoms with Gasteiger partial charge in [-0.1, -0.05) is 29.8 Å². The lowest BCUT2D eigenvalue weighted by molar-refractivity contribution is -0.385. The first kappa shape index (κ1) is 16.5. The summed E-state index contributed by atoms with van der Waals surface area (Å²) in [6, 6.07) is 10.6. The normalized spacial score (nSPS) is 12.4. The molecule has 0 atom stereocenters. The number of nitro benzene ring substituents is 1. The molecule has 3 rings (SSSR count). The number of carbonyl (C=O) groups is 1. The largest absolute Gasteiger partial charge is 0.454 e. The molecule has 0 saturated heterocycles. The molecule has 1 aliphatic rings.